The zero-order valence-corrected chi connectivity index (χ0v) is 15.9. The second kappa shape index (κ2) is 12.3. The quantitative estimate of drug-likeness (QED) is 0.397. The molecule has 4 nitrogen and oxygen atoms in total. The first-order chi connectivity index (χ1) is 11.5. The highest BCUT2D eigenvalue weighted by Gasteiger charge is 2.31. The maximum Gasteiger partial charge on any atom is 0.308 e. The van der Waals surface area contributed by atoms with Crippen molar-refractivity contribution in [2.24, 2.45) is 17.8 Å². The number of carbonyl (C=O) groups excluding carboxylic acids is 2. The third kappa shape index (κ3) is 8.70. The van der Waals surface area contributed by atoms with Gasteiger partial charge in [-0.3, -0.25) is 9.59 Å². The summed E-state index contributed by atoms with van der Waals surface area (Å²) in [5, 5.41) is 0. The van der Waals surface area contributed by atoms with Gasteiger partial charge >= 0.3 is 11.9 Å². The highest BCUT2D eigenvalue weighted by Crippen LogP contribution is 2.30. The van der Waals surface area contributed by atoms with Crippen LogP contribution in [0.5, 0.6) is 0 Å². The Labute approximate surface area is 147 Å². The van der Waals surface area contributed by atoms with Crippen LogP contribution in [-0.2, 0) is 19.1 Å². The van der Waals surface area contributed by atoms with Crippen molar-refractivity contribution in [3.8, 4) is 0 Å². The van der Waals surface area contributed by atoms with Gasteiger partial charge in [-0.15, -0.1) is 0 Å². The van der Waals surface area contributed by atoms with Crippen molar-refractivity contribution in [1.29, 1.82) is 0 Å². The molecule has 0 aromatic rings. The van der Waals surface area contributed by atoms with E-state index in [1.807, 2.05) is 0 Å². The minimum absolute atomic E-state index is 0.0274. The maximum atomic E-state index is 12.1. The highest BCUT2D eigenvalue weighted by molar-refractivity contribution is 5.75. The Hall–Kier alpha value is -1.06. The lowest BCUT2D eigenvalue weighted by molar-refractivity contribution is -0.155. The molecule has 0 atom stereocenters. The van der Waals surface area contributed by atoms with Gasteiger partial charge in [0, 0.05) is 0 Å². The fourth-order valence-corrected chi connectivity index (χ4v) is 3.07. The van der Waals surface area contributed by atoms with Crippen molar-refractivity contribution in [1.82, 2.24) is 0 Å². The monoisotopic (exact) mass is 340 g/mol. The zero-order valence-electron chi connectivity index (χ0n) is 15.9. The Morgan fingerprint density at radius 1 is 0.833 bits per heavy atom. The molecule has 1 saturated carbocycles. The van der Waals surface area contributed by atoms with Crippen LogP contribution < -0.4 is 0 Å². The Morgan fingerprint density at radius 3 is 1.83 bits per heavy atom. The van der Waals surface area contributed by atoms with Crippen molar-refractivity contribution in [2.45, 2.75) is 85.0 Å². The summed E-state index contributed by atoms with van der Waals surface area (Å²) in [5.74, 6) is 0.330. The van der Waals surface area contributed by atoms with E-state index in [4.69, 9.17) is 9.47 Å². The lowest BCUT2D eigenvalue weighted by Gasteiger charge is -2.26. The Bertz CT molecular complexity index is 357. The van der Waals surface area contributed by atoms with Gasteiger partial charge in [0.15, 0.2) is 0 Å². The fourth-order valence-electron chi connectivity index (χ4n) is 3.07. The molecule has 0 amide bonds. The molecule has 1 aliphatic rings. The standard InChI is InChI=1S/C20H36O4/c1-4-5-6-7-8-14-23-19(21)17-9-11-18(12-10-17)20(22)24-15-13-16(2)3/h16-18H,4-15H2,1-3H3. The summed E-state index contributed by atoms with van der Waals surface area (Å²) < 4.78 is 10.7. The molecule has 0 saturated heterocycles. The highest BCUT2D eigenvalue weighted by atomic mass is 16.5. The summed E-state index contributed by atoms with van der Waals surface area (Å²) in [6.07, 6.45) is 9.70. The first-order valence-electron chi connectivity index (χ1n) is 9.87. The second-order valence-corrected chi connectivity index (χ2v) is 7.48. The van der Waals surface area contributed by atoms with Crippen LogP contribution >= 0.6 is 0 Å². The van der Waals surface area contributed by atoms with E-state index in [-0.39, 0.29) is 23.8 Å². The number of rotatable bonds is 11. The number of carbonyl (C=O) groups is 2. The number of esters is 2. The molecule has 0 aliphatic heterocycles. The smallest absolute Gasteiger partial charge is 0.308 e. The molecule has 0 bridgehead atoms. The second-order valence-electron chi connectivity index (χ2n) is 7.48. The van der Waals surface area contributed by atoms with E-state index >= 15 is 0 Å². The van der Waals surface area contributed by atoms with Crippen LogP contribution in [0.15, 0.2) is 0 Å². The third-order valence-corrected chi connectivity index (χ3v) is 4.83. The summed E-state index contributed by atoms with van der Waals surface area (Å²) in [5.41, 5.74) is 0. The zero-order chi connectivity index (χ0) is 17.8. The largest absolute Gasteiger partial charge is 0.465 e. The fraction of sp³-hybridized carbons (Fsp3) is 0.900. The topological polar surface area (TPSA) is 52.6 Å². The van der Waals surface area contributed by atoms with Crippen molar-refractivity contribution in [3.63, 3.8) is 0 Å². The molecule has 0 radical (unpaired) electrons. The summed E-state index contributed by atoms with van der Waals surface area (Å²) >= 11 is 0. The van der Waals surface area contributed by atoms with E-state index < -0.39 is 0 Å². The first kappa shape index (κ1) is 21.0. The van der Waals surface area contributed by atoms with Gasteiger partial charge in [0.2, 0.25) is 0 Å². The molecule has 0 unspecified atom stereocenters. The van der Waals surface area contributed by atoms with E-state index in [2.05, 4.69) is 20.8 Å². The summed E-state index contributed by atoms with van der Waals surface area (Å²) in [7, 11) is 0. The number of hydrogen-bond acceptors (Lipinski definition) is 4. The van der Waals surface area contributed by atoms with Gasteiger partial charge in [-0.05, 0) is 44.4 Å². The van der Waals surface area contributed by atoms with Gasteiger partial charge in [0.25, 0.3) is 0 Å². The van der Waals surface area contributed by atoms with Crippen molar-refractivity contribution >= 4 is 11.9 Å². The predicted molar refractivity (Wildman–Crippen MR) is 95.6 cm³/mol. The molecule has 4 heteroatoms. The Kier molecular flexibility index (Phi) is 10.8. The van der Waals surface area contributed by atoms with Crippen LogP contribution in [0.1, 0.15) is 85.0 Å². The van der Waals surface area contributed by atoms with Crippen LogP contribution in [0.4, 0.5) is 0 Å². The molecule has 24 heavy (non-hydrogen) atoms. The minimum Gasteiger partial charge on any atom is -0.465 e. The minimum atomic E-state index is -0.0848. The average molecular weight is 341 g/mol. The van der Waals surface area contributed by atoms with Gasteiger partial charge in [-0.25, -0.2) is 0 Å². The molecule has 0 aromatic carbocycles. The third-order valence-electron chi connectivity index (χ3n) is 4.83. The van der Waals surface area contributed by atoms with Crippen molar-refractivity contribution < 1.29 is 19.1 Å². The maximum absolute atomic E-state index is 12.1. The molecule has 140 valence electrons. The number of hydrogen-bond donors (Lipinski definition) is 0. The van der Waals surface area contributed by atoms with E-state index in [1.165, 1.54) is 19.3 Å². The van der Waals surface area contributed by atoms with Gasteiger partial charge in [0.1, 0.15) is 0 Å². The van der Waals surface area contributed by atoms with Crippen LogP contribution in [0.2, 0.25) is 0 Å². The summed E-state index contributed by atoms with van der Waals surface area (Å²) in [4.78, 5) is 24.1. The van der Waals surface area contributed by atoms with Crippen LogP contribution in [0, 0.1) is 17.8 Å². The predicted octanol–water partition coefficient (Wildman–Crippen LogP) is 4.90. The summed E-state index contributed by atoms with van der Waals surface area (Å²) in [6.45, 7) is 7.48. The van der Waals surface area contributed by atoms with Crippen LogP contribution in [0.25, 0.3) is 0 Å². The lowest BCUT2D eigenvalue weighted by atomic mass is 9.82. The van der Waals surface area contributed by atoms with Crippen molar-refractivity contribution in [3.05, 3.63) is 0 Å². The van der Waals surface area contributed by atoms with Gasteiger partial charge in [-0.2, -0.15) is 0 Å². The molecule has 0 heterocycles. The molecule has 1 aliphatic carbocycles. The van der Waals surface area contributed by atoms with E-state index in [1.54, 1.807) is 0 Å². The van der Waals surface area contributed by atoms with E-state index in [9.17, 15) is 9.59 Å². The van der Waals surface area contributed by atoms with Gasteiger partial charge in [-0.1, -0.05) is 46.5 Å². The Balaban J connectivity index is 2.13. The first-order valence-corrected chi connectivity index (χ1v) is 9.87. The van der Waals surface area contributed by atoms with Gasteiger partial charge in [0.05, 0.1) is 25.0 Å². The van der Waals surface area contributed by atoms with Gasteiger partial charge < -0.3 is 9.47 Å². The van der Waals surface area contributed by atoms with Crippen molar-refractivity contribution in [2.75, 3.05) is 13.2 Å². The van der Waals surface area contributed by atoms with Crippen LogP contribution in [0.3, 0.4) is 0 Å². The van der Waals surface area contributed by atoms with E-state index in [0.29, 0.717) is 19.1 Å². The number of ether oxygens (including phenoxy) is 2. The number of unbranched alkanes of at least 4 members (excludes halogenated alkanes) is 4. The molecular weight excluding hydrogens is 304 g/mol. The summed E-state index contributed by atoms with van der Waals surface area (Å²) in [6, 6.07) is 0. The molecular formula is C20H36O4. The molecule has 1 fully saturated rings. The SMILES string of the molecule is CCCCCCCOC(=O)C1CCC(C(=O)OCCC(C)C)CC1. The molecule has 0 aromatic heterocycles. The van der Waals surface area contributed by atoms with Crippen LogP contribution in [-0.4, -0.2) is 25.2 Å². The van der Waals surface area contributed by atoms with E-state index in [0.717, 1.165) is 44.9 Å². The Morgan fingerprint density at radius 2 is 1.33 bits per heavy atom. The average Bonchev–Trinajstić information content (AvgIpc) is 2.57. The lowest BCUT2D eigenvalue weighted by Crippen LogP contribution is -2.28. The molecule has 0 spiro atoms. The normalized spacial score (nSPS) is 20.8. The molecule has 0 N–H and O–H groups in total. The molecule has 1 rings (SSSR count).